The van der Waals surface area contributed by atoms with Crippen molar-refractivity contribution in [2.45, 2.75) is 38.6 Å². The SMILES string of the molecule is Cc1cc(=O)[nH]c([C@H]2CCCN2C(=O)CCc2ccccc2)n1. The van der Waals surface area contributed by atoms with Crippen LogP contribution in [0.3, 0.4) is 0 Å². The highest BCUT2D eigenvalue weighted by Crippen LogP contribution is 2.30. The highest BCUT2D eigenvalue weighted by Gasteiger charge is 2.31. The van der Waals surface area contributed by atoms with E-state index in [0.717, 1.165) is 25.8 Å². The van der Waals surface area contributed by atoms with Crippen LogP contribution in [0.5, 0.6) is 0 Å². The summed E-state index contributed by atoms with van der Waals surface area (Å²) >= 11 is 0. The Morgan fingerprint density at radius 3 is 2.87 bits per heavy atom. The zero-order valence-electron chi connectivity index (χ0n) is 13.3. The van der Waals surface area contributed by atoms with Crippen molar-refractivity contribution in [2.24, 2.45) is 0 Å². The van der Waals surface area contributed by atoms with Gasteiger partial charge in [0, 0.05) is 24.7 Å². The van der Waals surface area contributed by atoms with E-state index >= 15 is 0 Å². The van der Waals surface area contributed by atoms with Gasteiger partial charge in [-0.1, -0.05) is 30.3 Å². The molecule has 1 aromatic carbocycles. The number of carbonyl (C=O) groups is 1. The first-order chi connectivity index (χ1) is 11.1. The number of likely N-dealkylation sites (tertiary alicyclic amines) is 1. The standard InChI is InChI=1S/C18H21N3O2/c1-13-12-16(22)20-18(19-13)15-8-5-11-21(15)17(23)10-9-14-6-3-2-4-7-14/h2-4,6-7,12,15H,5,8-11H2,1H3,(H,19,20,22)/t15-/m1/s1. The predicted molar refractivity (Wildman–Crippen MR) is 88.0 cm³/mol. The smallest absolute Gasteiger partial charge is 0.251 e. The summed E-state index contributed by atoms with van der Waals surface area (Å²) in [6, 6.07) is 11.4. The number of benzene rings is 1. The van der Waals surface area contributed by atoms with Gasteiger partial charge in [0.05, 0.1) is 6.04 Å². The molecule has 0 unspecified atom stereocenters. The van der Waals surface area contributed by atoms with Crippen LogP contribution in [-0.2, 0) is 11.2 Å². The second-order valence-electron chi connectivity index (χ2n) is 6.00. The number of H-pyrrole nitrogens is 1. The summed E-state index contributed by atoms with van der Waals surface area (Å²) in [5.41, 5.74) is 1.70. The van der Waals surface area contributed by atoms with Crippen LogP contribution in [-0.4, -0.2) is 27.3 Å². The van der Waals surface area contributed by atoms with E-state index in [2.05, 4.69) is 9.97 Å². The van der Waals surface area contributed by atoms with Crippen molar-refractivity contribution in [3.05, 3.63) is 63.8 Å². The van der Waals surface area contributed by atoms with Crippen molar-refractivity contribution in [3.63, 3.8) is 0 Å². The van der Waals surface area contributed by atoms with Gasteiger partial charge in [0.1, 0.15) is 5.82 Å². The molecular weight excluding hydrogens is 290 g/mol. The lowest BCUT2D eigenvalue weighted by Gasteiger charge is -2.24. The topological polar surface area (TPSA) is 66.1 Å². The molecule has 1 aromatic heterocycles. The van der Waals surface area contributed by atoms with Gasteiger partial charge < -0.3 is 9.88 Å². The Hall–Kier alpha value is -2.43. The van der Waals surface area contributed by atoms with Crippen molar-refractivity contribution in [2.75, 3.05) is 6.54 Å². The summed E-state index contributed by atoms with van der Waals surface area (Å²) < 4.78 is 0. The molecular formula is C18H21N3O2. The minimum atomic E-state index is -0.156. The Balaban J connectivity index is 1.70. The quantitative estimate of drug-likeness (QED) is 0.942. The van der Waals surface area contributed by atoms with E-state index in [4.69, 9.17) is 0 Å². The molecule has 0 bridgehead atoms. The number of carbonyl (C=O) groups excluding carboxylic acids is 1. The Kier molecular flexibility index (Phi) is 4.55. The summed E-state index contributed by atoms with van der Waals surface area (Å²) in [7, 11) is 0. The Morgan fingerprint density at radius 2 is 2.13 bits per heavy atom. The maximum absolute atomic E-state index is 12.6. The third kappa shape index (κ3) is 3.67. The molecule has 1 aliphatic rings. The second kappa shape index (κ2) is 6.77. The Bertz CT molecular complexity index is 739. The van der Waals surface area contributed by atoms with Crippen molar-refractivity contribution < 1.29 is 4.79 Å². The van der Waals surface area contributed by atoms with E-state index in [1.54, 1.807) is 6.92 Å². The van der Waals surface area contributed by atoms with Crippen LogP contribution in [0.2, 0.25) is 0 Å². The summed E-state index contributed by atoms with van der Waals surface area (Å²) in [5, 5.41) is 0. The number of aromatic nitrogens is 2. The maximum atomic E-state index is 12.6. The molecule has 1 amide bonds. The summed E-state index contributed by atoms with van der Waals surface area (Å²) in [4.78, 5) is 33.3. The lowest BCUT2D eigenvalue weighted by atomic mass is 10.1. The van der Waals surface area contributed by atoms with Gasteiger partial charge in [-0.3, -0.25) is 9.59 Å². The molecule has 5 heteroatoms. The minimum absolute atomic E-state index is 0.106. The summed E-state index contributed by atoms with van der Waals surface area (Å²) in [5.74, 6) is 0.737. The molecule has 120 valence electrons. The number of hydrogen-bond donors (Lipinski definition) is 1. The monoisotopic (exact) mass is 311 g/mol. The van der Waals surface area contributed by atoms with Gasteiger partial charge in [-0.2, -0.15) is 0 Å². The van der Waals surface area contributed by atoms with Crippen molar-refractivity contribution in [1.29, 1.82) is 0 Å². The average Bonchev–Trinajstić information content (AvgIpc) is 3.02. The lowest BCUT2D eigenvalue weighted by molar-refractivity contribution is -0.132. The molecule has 0 spiro atoms. The Morgan fingerprint density at radius 1 is 1.35 bits per heavy atom. The van der Waals surface area contributed by atoms with E-state index in [1.807, 2.05) is 35.2 Å². The molecule has 1 fully saturated rings. The molecule has 1 saturated heterocycles. The zero-order valence-corrected chi connectivity index (χ0v) is 13.3. The van der Waals surface area contributed by atoms with Crippen LogP contribution in [0, 0.1) is 6.92 Å². The van der Waals surface area contributed by atoms with Crippen molar-refractivity contribution >= 4 is 5.91 Å². The number of aromatic amines is 1. The fourth-order valence-corrected chi connectivity index (χ4v) is 3.15. The van der Waals surface area contributed by atoms with Crippen LogP contribution in [0.4, 0.5) is 0 Å². The molecule has 5 nitrogen and oxygen atoms in total. The molecule has 0 radical (unpaired) electrons. The summed E-state index contributed by atoms with van der Waals surface area (Å²) in [6.07, 6.45) is 3.01. The van der Waals surface area contributed by atoms with Gasteiger partial charge in [0.15, 0.2) is 0 Å². The van der Waals surface area contributed by atoms with Gasteiger partial charge in [-0.25, -0.2) is 4.98 Å². The van der Waals surface area contributed by atoms with E-state index in [9.17, 15) is 9.59 Å². The van der Waals surface area contributed by atoms with Gasteiger partial charge in [-0.05, 0) is 31.7 Å². The third-order valence-corrected chi connectivity index (χ3v) is 4.25. The molecule has 1 aliphatic heterocycles. The zero-order chi connectivity index (χ0) is 16.2. The lowest BCUT2D eigenvalue weighted by Crippen LogP contribution is -2.32. The number of nitrogens with one attached hydrogen (secondary N) is 1. The van der Waals surface area contributed by atoms with Crippen LogP contribution >= 0.6 is 0 Å². The van der Waals surface area contributed by atoms with E-state index in [0.29, 0.717) is 17.9 Å². The number of nitrogens with zero attached hydrogens (tertiary/aromatic N) is 2. The third-order valence-electron chi connectivity index (χ3n) is 4.25. The van der Waals surface area contributed by atoms with Gasteiger partial charge in [0.25, 0.3) is 5.56 Å². The normalized spacial score (nSPS) is 17.4. The number of amides is 1. The minimum Gasteiger partial charge on any atom is -0.333 e. The van der Waals surface area contributed by atoms with Gasteiger partial charge in [0.2, 0.25) is 5.91 Å². The van der Waals surface area contributed by atoms with Crippen molar-refractivity contribution in [3.8, 4) is 0 Å². The second-order valence-corrected chi connectivity index (χ2v) is 6.00. The van der Waals surface area contributed by atoms with E-state index < -0.39 is 0 Å². The fourth-order valence-electron chi connectivity index (χ4n) is 3.15. The first-order valence-electron chi connectivity index (χ1n) is 8.05. The highest BCUT2D eigenvalue weighted by molar-refractivity contribution is 5.77. The number of rotatable bonds is 4. The predicted octanol–water partition coefficient (Wildman–Crippen LogP) is 2.37. The fraction of sp³-hybridized carbons (Fsp3) is 0.389. The highest BCUT2D eigenvalue weighted by atomic mass is 16.2. The largest absolute Gasteiger partial charge is 0.333 e. The van der Waals surface area contributed by atoms with Gasteiger partial charge in [-0.15, -0.1) is 0 Å². The van der Waals surface area contributed by atoms with E-state index in [1.165, 1.54) is 11.6 Å². The van der Waals surface area contributed by atoms with Crippen LogP contribution < -0.4 is 5.56 Å². The van der Waals surface area contributed by atoms with Crippen molar-refractivity contribution in [1.82, 2.24) is 14.9 Å². The van der Waals surface area contributed by atoms with Crippen LogP contribution in [0.1, 0.15) is 42.4 Å². The average molecular weight is 311 g/mol. The first kappa shape index (κ1) is 15.5. The summed E-state index contributed by atoms with van der Waals surface area (Å²) in [6.45, 7) is 2.53. The van der Waals surface area contributed by atoms with Crippen LogP contribution in [0.25, 0.3) is 0 Å². The molecule has 0 aliphatic carbocycles. The van der Waals surface area contributed by atoms with E-state index in [-0.39, 0.29) is 17.5 Å². The molecule has 1 atom stereocenters. The molecule has 0 saturated carbocycles. The molecule has 2 heterocycles. The Labute approximate surface area is 135 Å². The maximum Gasteiger partial charge on any atom is 0.251 e. The van der Waals surface area contributed by atoms with Gasteiger partial charge >= 0.3 is 0 Å². The molecule has 2 aromatic rings. The first-order valence-corrected chi connectivity index (χ1v) is 8.05. The number of hydrogen-bond acceptors (Lipinski definition) is 3. The van der Waals surface area contributed by atoms with Crippen LogP contribution in [0.15, 0.2) is 41.2 Å². The molecule has 23 heavy (non-hydrogen) atoms. The number of aryl methyl sites for hydroxylation is 2. The molecule has 1 N–H and O–H groups in total. The molecule has 3 rings (SSSR count).